The lowest BCUT2D eigenvalue weighted by Gasteiger charge is -2.13. The summed E-state index contributed by atoms with van der Waals surface area (Å²) >= 11 is 1.99. The van der Waals surface area contributed by atoms with Gasteiger partial charge in [0.05, 0.1) is 12.0 Å². The van der Waals surface area contributed by atoms with Gasteiger partial charge < -0.3 is 15.5 Å². The highest BCUT2D eigenvalue weighted by Crippen LogP contribution is 2.16. The van der Waals surface area contributed by atoms with Gasteiger partial charge >= 0.3 is 11.9 Å². The molecule has 0 saturated heterocycles. The molecule has 0 aromatic heterocycles. The summed E-state index contributed by atoms with van der Waals surface area (Å²) in [6, 6.07) is 3.62. The number of hydrogen-bond acceptors (Lipinski definition) is 3. The van der Waals surface area contributed by atoms with Crippen LogP contribution in [0.4, 0.5) is 0 Å². The van der Waals surface area contributed by atoms with Crippen molar-refractivity contribution in [2.75, 3.05) is 0 Å². The molecule has 0 heterocycles. The van der Waals surface area contributed by atoms with E-state index in [9.17, 15) is 14.4 Å². The molecule has 0 aliphatic carbocycles. The van der Waals surface area contributed by atoms with Crippen LogP contribution in [-0.4, -0.2) is 34.1 Å². The van der Waals surface area contributed by atoms with Crippen molar-refractivity contribution in [1.82, 2.24) is 5.32 Å². The minimum atomic E-state index is -1.44. The van der Waals surface area contributed by atoms with E-state index in [1.165, 1.54) is 0 Å². The van der Waals surface area contributed by atoms with Gasteiger partial charge in [-0.1, -0.05) is 12.1 Å². The van der Waals surface area contributed by atoms with E-state index < -0.39 is 30.3 Å². The minimum Gasteiger partial charge on any atom is -0.481 e. The number of carboxylic acids is 2. The lowest BCUT2D eigenvalue weighted by atomic mass is 10.1. The Kier molecular flexibility index (Phi) is 5.28. The predicted molar refractivity (Wildman–Crippen MR) is 75.0 cm³/mol. The van der Waals surface area contributed by atoms with E-state index in [4.69, 9.17) is 10.2 Å². The zero-order valence-corrected chi connectivity index (χ0v) is 12.2. The SMILES string of the molecule is Cc1cccc(C(=O)N[C@@H](CC(=O)O)C(=O)O)c1I. The van der Waals surface area contributed by atoms with Crippen LogP contribution < -0.4 is 5.32 Å². The zero-order valence-electron chi connectivity index (χ0n) is 10.0. The normalized spacial score (nSPS) is 11.7. The first kappa shape index (κ1) is 15.4. The molecule has 6 nitrogen and oxygen atoms in total. The molecule has 0 bridgehead atoms. The fourth-order valence-electron chi connectivity index (χ4n) is 1.43. The van der Waals surface area contributed by atoms with Crippen molar-refractivity contribution in [2.45, 2.75) is 19.4 Å². The third-order valence-electron chi connectivity index (χ3n) is 2.42. The molecule has 1 aromatic carbocycles. The van der Waals surface area contributed by atoms with E-state index in [0.29, 0.717) is 9.13 Å². The van der Waals surface area contributed by atoms with Gasteiger partial charge in [-0.3, -0.25) is 9.59 Å². The van der Waals surface area contributed by atoms with Crippen LogP contribution in [0.2, 0.25) is 0 Å². The molecule has 0 aliphatic heterocycles. The summed E-state index contributed by atoms with van der Waals surface area (Å²) in [5.74, 6) is -3.26. The molecule has 0 radical (unpaired) electrons. The van der Waals surface area contributed by atoms with Crippen LogP contribution in [0.15, 0.2) is 18.2 Å². The molecule has 1 aromatic rings. The topological polar surface area (TPSA) is 104 Å². The molecule has 0 fully saturated rings. The molecule has 0 saturated carbocycles. The van der Waals surface area contributed by atoms with Gasteiger partial charge in [0.1, 0.15) is 6.04 Å². The van der Waals surface area contributed by atoms with Crippen molar-refractivity contribution in [2.24, 2.45) is 0 Å². The molecule has 0 aliphatic rings. The number of carboxylic acid groups (broad SMARTS) is 2. The molecule has 1 amide bonds. The third-order valence-corrected chi connectivity index (χ3v) is 3.85. The highest BCUT2D eigenvalue weighted by atomic mass is 127. The van der Waals surface area contributed by atoms with E-state index in [1.54, 1.807) is 12.1 Å². The zero-order chi connectivity index (χ0) is 14.6. The third kappa shape index (κ3) is 4.19. The molecule has 3 N–H and O–H groups in total. The van der Waals surface area contributed by atoms with E-state index in [0.717, 1.165) is 5.56 Å². The average Bonchev–Trinajstić information content (AvgIpc) is 2.31. The first-order valence-electron chi connectivity index (χ1n) is 5.33. The Balaban J connectivity index is 2.91. The molecule has 1 atom stereocenters. The van der Waals surface area contributed by atoms with Gasteiger partial charge in [-0.05, 0) is 41.1 Å². The van der Waals surface area contributed by atoms with Crippen molar-refractivity contribution >= 4 is 40.4 Å². The Morgan fingerprint density at radius 1 is 1.32 bits per heavy atom. The van der Waals surface area contributed by atoms with Crippen LogP contribution >= 0.6 is 22.6 Å². The van der Waals surface area contributed by atoms with Crippen LogP contribution in [0.1, 0.15) is 22.3 Å². The van der Waals surface area contributed by atoms with Crippen LogP contribution in [0.5, 0.6) is 0 Å². The van der Waals surface area contributed by atoms with Gasteiger partial charge in [-0.15, -0.1) is 0 Å². The number of carbonyl (C=O) groups is 3. The van der Waals surface area contributed by atoms with Gasteiger partial charge in [0.15, 0.2) is 0 Å². The van der Waals surface area contributed by atoms with Gasteiger partial charge in [0, 0.05) is 3.57 Å². The molecular formula is C12H12INO5. The Bertz CT molecular complexity index is 529. The highest BCUT2D eigenvalue weighted by molar-refractivity contribution is 14.1. The van der Waals surface area contributed by atoms with Crippen molar-refractivity contribution in [3.8, 4) is 0 Å². The fraction of sp³-hybridized carbons (Fsp3) is 0.250. The van der Waals surface area contributed by atoms with Crippen molar-refractivity contribution < 1.29 is 24.6 Å². The summed E-state index contributed by atoms with van der Waals surface area (Å²) < 4.78 is 0.706. The summed E-state index contributed by atoms with van der Waals surface area (Å²) in [6.45, 7) is 1.82. The maximum Gasteiger partial charge on any atom is 0.326 e. The summed E-state index contributed by atoms with van der Waals surface area (Å²) in [7, 11) is 0. The molecule has 7 heteroatoms. The first-order chi connectivity index (χ1) is 8.82. The lowest BCUT2D eigenvalue weighted by molar-refractivity contribution is -0.145. The molecule has 0 spiro atoms. The van der Waals surface area contributed by atoms with E-state index >= 15 is 0 Å². The van der Waals surface area contributed by atoms with Crippen LogP contribution in [0, 0.1) is 10.5 Å². The summed E-state index contributed by atoms with van der Waals surface area (Å²) in [5, 5.41) is 19.7. The maximum atomic E-state index is 11.9. The molecule has 19 heavy (non-hydrogen) atoms. The quantitative estimate of drug-likeness (QED) is 0.671. The first-order valence-corrected chi connectivity index (χ1v) is 6.41. The van der Waals surface area contributed by atoms with Crippen LogP contribution in [0.3, 0.4) is 0 Å². The minimum absolute atomic E-state index is 0.331. The van der Waals surface area contributed by atoms with E-state index in [2.05, 4.69) is 5.32 Å². The van der Waals surface area contributed by atoms with Crippen LogP contribution in [0.25, 0.3) is 0 Å². The number of amides is 1. The standard InChI is InChI=1S/C12H12INO5/c1-6-3-2-4-7(10(6)13)11(17)14-8(12(18)19)5-9(15)16/h2-4,8H,5H2,1H3,(H,14,17)(H,15,16)(H,18,19)/t8-/m0/s1. The van der Waals surface area contributed by atoms with Gasteiger partial charge in [0.25, 0.3) is 5.91 Å². The van der Waals surface area contributed by atoms with Gasteiger partial charge in [-0.25, -0.2) is 4.79 Å². The van der Waals surface area contributed by atoms with E-state index in [1.807, 2.05) is 35.6 Å². The van der Waals surface area contributed by atoms with Gasteiger partial charge in [0.2, 0.25) is 0 Å². The fourth-order valence-corrected chi connectivity index (χ4v) is 2.04. The number of rotatable bonds is 5. The smallest absolute Gasteiger partial charge is 0.326 e. The number of nitrogens with one attached hydrogen (secondary N) is 1. The van der Waals surface area contributed by atoms with Gasteiger partial charge in [-0.2, -0.15) is 0 Å². The second-order valence-electron chi connectivity index (χ2n) is 3.90. The van der Waals surface area contributed by atoms with Crippen molar-refractivity contribution in [1.29, 1.82) is 0 Å². The number of halogens is 1. The molecule has 1 rings (SSSR count). The number of benzene rings is 1. The average molecular weight is 377 g/mol. The highest BCUT2D eigenvalue weighted by Gasteiger charge is 2.24. The number of aliphatic carboxylic acids is 2. The summed E-state index contributed by atoms with van der Waals surface area (Å²) in [5.41, 5.74) is 1.22. The lowest BCUT2D eigenvalue weighted by Crippen LogP contribution is -2.42. The van der Waals surface area contributed by atoms with Crippen LogP contribution in [-0.2, 0) is 9.59 Å². The Morgan fingerprint density at radius 3 is 2.47 bits per heavy atom. The second kappa shape index (κ2) is 6.50. The van der Waals surface area contributed by atoms with Crippen molar-refractivity contribution in [3.63, 3.8) is 0 Å². The number of aryl methyl sites for hydroxylation is 1. The molecular weight excluding hydrogens is 365 g/mol. The monoisotopic (exact) mass is 377 g/mol. The Morgan fingerprint density at radius 2 is 1.95 bits per heavy atom. The number of hydrogen-bond donors (Lipinski definition) is 3. The maximum absolute atomic E-state index is 11.9. The van der Waals surface area contributed by atoms with E-state index in [-0.39, 0.29) is 0 Å². The Hall–Kier alpha value is -1.64. The predicted octanol–water partition coefficient (Wildman–Crippen LogP) is 1.26. The summed E-state index contributed by atoms with van der Waals surface area (Å²) in [6.07, 6.45) is -0.663. The second-order valence-corrected chi connectivity index (χ2v) is 4.98. The molecule has 0 unspecified atom stereocenters. The summed E-state index contributed by atoms with van der Waals surface area (Å²) in [4.78, 5) is 33.4. The Labute approximate surface area is 123 Å². The van der Waals surface area contributed by atoms with Crippen molar-refractivity contribution in [3.05, 3.63) is 32.9 Å². The molecule has 102 valence electrons. The number of carbonyl (C=O) groups excluding carboxylic acids is 1. The largest absolute Gasteiger partial charge is 0.481 e.